The molecule has 0 saturated heterocycles. The fourth-order valence-electron chi connectivity index (χ4n) is 2.58. The third-order valence-corrected chi connectivity index (χ3v) is 7.10. The summed E-state index contributed by atoms with van der Waals surface area (Å²) in [6, 6.07) is 17.7. The minimum absolute atomic E-state index is 0.142. The Labute approximate surface area is 153 Å². The zero-order chi connectivity index (χ0) is 18.0. The third-order valence-electron chi connectivity index (χ3n) is 4.12. The minimum Gasteiger partial charge on any atom is -0.397 e. The molecule has 25 heavy (non-hydrogen) atoms. The number of nitrogen functional groups attached to an aromatic ring is 1. The van der Waals surface area contributed by atoms with Crippen molar-refractivity contribution in [2.75, 3.05) is 11.1 Å². The zero-order valence-corrected chi connectivity index (χ0v) is 16.5. The molecule has 0 radical (unpaired) electrons. The van der Waals surface area contributed by atoms with E-state index in [0.29, 0.717) is 16.9 Å². The van der Waals surface area contributed by atoms with Gasteiger partial charge in [-0.25, -0.2) is 0 Å². The summed E-state index contributed by atoms with van der Waals surface area (Å²) < 4.78 is 0. The third kappa shape index (κ3) is 4.00. The highest BCUT2D eigenvalue weighted by Gasteiger charge is 2.17. The van der Waals surface area contributed by atoms with Crippen molar-refractivity contribution in [3.63, 3.8) is 0 Å². The van der Waals surface area contributed by atoms with Gasteiger partial charge in [0.1, 0.15) is 0 Å². The summed E-state index contributed by atoms with van der Waals surface area (Å²) in [7, 11) is -1.36. The molecular weight excluding hydrogens is 344 g/mol. The summed E-state index contributed by atoms with van der Waals surface area (Å²) in [6.45, 7) is 6.87. The van der Waals surface area contributed by atoms with Crippen molar-refractivity contribution < 1.29 is 4.79 Å². The molecule has 0 atom stereocenters. The highest BCUT2D eigenvalue weighted by Crippen LogP contribution is 2.30. The van der Waals surface area contributed by atoms with E-state index in [9.17, 15) is 4.79 Å². The van der Waals surface area contributed by atoms with E-state index in [1.54, 1.807) is 11.3 Å². The first kappa shape index (κ1) is 17.4. The molecule has 0 unspecified atom stereocenters. The van der Waals surface area contributed by atoms with Gasteiger partial charge in [0.2, 0.25) is 0 Å². The van der Waals surface area contributed by atoms with Crippen LogP contribution in [0, 0.1) is 0 Å². The molecule has 0 fully saturated rings. The molecule has 1 aromatic heterocycles. The van der Waals surface area contributed by atoms with E-state index in [4.69, 9.17) is 5.73 Å². The molecule has 1 heterocycles. The average molecular weight is 367 g/mol. The summed E-state index contributed by atoms with van der Waals surface area (Å²) in [6.07, 6.45) is 0. The number of hydrogen-bond donors (Lipinski definition) is 2. The lowest BCUT2D eigenvalue weighted by Gasteiger charge is -2.16. The van der Waals surface area contributed by atoms with Gasteiger partial charge in [-0.2, -0.15) is 0 Å². The molecule has 3 aromatic rings. The van der Waals surface area contributed by atoms with Crippen LogP contribution in [-0.2, 0) is 0 Å². The van der Waals surface area contributed by atoms with Crippen LogP contribution >= 0.6 is 11.3 Å². The van der Waals surface area contributed by atoms with Gasteiger partial charge in [0.15, 0.2) is 0 Å². The van der Waals surface area contributed by atoms with Crippen LogP contribution in [0.2, 0.25) is 19.6 Å². The van der Waals surface area contributed by atoms with Crippen LogP contribution in [0.15, 0.2) is 60.0 Å². The van der Waals surface area contributed by atoms with Gasteiger partial charge in [0.25, 0.3) is 5.91 Å². The highest BCUT2D eigenvalue weighted by atomic mass is 32.1. The van der Waals surface area contributed by atoms with Gasteiger partial charge in [0, 0.05) is 10.4 Å². The number of hydrogen-bond acceptors (Lipinski definition) is 3. The van der Waals surface area contributed by atoms with E-state index in [-0.39, 0.29) is 5.91 Å². The van der Waals surface area contributed by atoms with Crippen LogP contribution in [0.1, 0.15) is 10.4 Å². The number of benzene rings is 2. The van der Waals surface area contributed by atoms with Crippen LogP contribution < -0.4 is 16.2 Å². The summed E-state index contributed by atoms with van der Waals surface area (Å²) in [4.78, 5) is 13.7. The van der Waals surface area contributed by atoms with Gasteiger partial charge in [-0.3, -0.25) is 4.79 Å². The lowest BCUT2D eigenvalue weighted by Crippen LogP contribution is -2.37. The predicted octanol–water partition coefficient (Wildman–Crippen LogP) is 4.79. The number of nitrogens with two attached hydrogens (primary N) is 1. The second kappa shape index (κ2) is 6.86. The Kier molecular flexibility index (Phi) is 4.79. The van der Waals surface area contributed by atoms with Crippen molar-refractivity contribution in [1.29, 1.82) is 0 Å². The molecule has 0 spiro atoms. The topological polar surface area (TPSA) is 55.1 Å². The Hall–Kier alpha value is -2.37. The highest BCUT2D eigenvalue weighted by molar-refractivity contribution is 7.13. The summed E-state index contributed by atoms with van der Waals surface area (Å²) >= 11 is 1.66. The first-order chi connectivity index (χ1) is 11.8. The number of amides is 1. The second-order valence-electron chi connectivity index (χ2n) is 7.06. The summed E-state index contributed by atoms with van der Waals surface area (Å²) in [5.41, 5.74) is 8.94. The molecule has 0 aliphatic carbocycles. The molecule has 2 aromatic carbocycles. The van der Waals surface area contributed by atoms with Crippen LogP contribution in [0.25, 0.3) is 10.4 Å². The number of rotatable bonds is 4. The van der Waals surface area contributed by atoms with Crippen molar-refractivity contribution in [1.82, 2.24) is 0 Å². The van der Waals surface area contributed by atoms with E-state index in [0.717, 1.165) is 10.4 Å². The fourth-order valence-corrected chi connectivity index (χ4v) is 4.47. The molecule has 128 valence electrons. The van der Waals surface area contributed by atoms with Crippen LogP contribution in [0.4, 0.5) is 11.4 Å². The van der Waals surface area contributed by atoms with E-state index < -0.39 is 8.07 Å². The van der Waals surface area contributed by atoms with Crippen LogP contribution in [0.5, 0.6) is 0 Å². The standard InChI is InChI=1S/C20H22N2OSSi/c1-25(2,3)16-9-6-14(7-10-16)20(23)22-18-13-15(8-11-17(18)21)19-5-4-12-24-19/h4-13H,21H2,1-3H3,(H,22,23). The van der Waals surface area contributed by atoms with E-state index in [1.807, 2.05) is 41.8 Å². The number of thiophene rings is 1. The maximum absolute atomic E-state index is 12.6. The molecule has 3 N–H and O–H groups in total. The molecule has 3 nitrogen and oxygen atoms in total. The monoisotopic (exact) mass is 366 g/mol. The van der Waals surface area contributed by atoms with E-state index in [1.165, 1.54) is 5.19 Å². The van der Waals surface area contributed by atoms with Crippen LogP contribution in [-0.4, -0.2) is 14.0 Å². The molecule has 1 amide bonds. The molecule has 0 saturated carbocycles. The number of carbonyl (C=O) groups excluding carboxylic acids is 1. The maximum Gasteiger partial charge on any atom is 0.255 e. The lowest BCUT2D eigenvalue weighted by molar-refractivity contribution is 0.102. The molecule has 0 aliphatic rings. The van der Waals surface area contributed by atoms with Crippen molar-refractivity contribution in [3.8, 4) is 10.4 Å². The largest absolute Gasteiger partial charge is 0.397 e. The Morgan fingerprint density at radius 1 is 1.04 bits per heavy atom. The fraction of sp³-hybridized carbons (Fsp3) is 0.150. The predicted molar refractivity (Wildman–Crippen MR) is 112 cm³/mol. The molecule has 0 bridgehead atoms. The molecule has 0 aliphatic heterocycles. The zero-order valence-electron chi connectivity index (χ0n) is 14.7. The van der Waals surface area contributed by atoms with Crippen molar-refractivity contribution >= 4 is 41.9 Å². The number of nitrogens with one attached hydrogen (secondary N) is 1. The Balaban J connectivity index is 1.82. The smallest absolute Gasteiger partial charge is 0.255 e. The van der Waals surface area contributed by atoms with Crippen molar-refractivity contribution in [2.24, 2.45) is 0 Å². The van der Waals surface area contributed by atoms with Crippen LogP contribution in [0.3, 0.4) is 0 Å². The van der Waals surface area contributed by atoms with Crippen molar-refractivity contribution in [3.05, 3.63) is 65.5 Å². The Morgan fingerprint density at radius 3 is 2.36 bits per heavy atom. The minimum atomic E-state index is -1.36. The number of anilines is 2. The lowest BCUT2D eigenvalue weighted by atomic mass is 10.1. The normalized spacial score (nSPS) is 11.3. The number of carbonyl (C=O) groups is 1. The average Bonchev–Trinajstić information content (AvgIpc) is 3.10. The summed E-state index contributed by atoms with van der Waals surface area (Å²) in [5.74, 6) is -0.142. The Morgan fingerprint density at radius 2 is 1.76 bits per heavy atom. The first-order valence-corrected chi connectivity index (χ1v) is 12.6. The van der Waals surface area contributed by atoms with E-state index >= 15 is 0 Å². The maximum atomic E-state index is 12.6. The van der Waals surface area contributed by atoms with Gasteiger partial charge < -0.3 is 11.1 Å². The molecule has 5 heteroatoms. The molecule has 3 rings (SSSR count). The van der Waals surface area contributed by atoms with Gasteiger partial charge >= 0.3 is 0 Å². The van der Waals surface area contributed by atoms with Gasteiger partial charge in [-0.05, 0) is 41.3 Å². The Bertz CT molecular complexity index is 881. The van der Waals surface area contributed by atoms with E-state index in [2.05, 4.69) is 43.2 Å². The quantitative estimate of drug-likeness (QED) is 0.515. The SMILES string of the molecule is C[Si](C)(C)c1ccc(C(=O)Nc2cc(-c3cccs3)ccc2N)cc1. The first-order valence-electron chi connectivity index (χ1n) is 8.20. The molecular formula is C20H22N2OSSi. The van der Waals surface area contributed by atoms with Gasteiger partial charge in [-0.15, -0.1) is 11.3 Å². The van der Waals surface area contributed by atoms with Crippen molar-refractivity contribution in [2.45, 2.75) is 19.6 Å². The second-order valence-corrected chi connectivity index (χ2v) is 13.1. The van der Waals surface area contributed by atoms with Gasteiger partial charge in [0.05, 0.1) is 19.4 Å². The summed E-state index contributed by atoms with van der Waals surface area (Å²) in [5, 5.41) is 6.31. The van der Waals surface area contributed by atoms with Gasteiger partial charge in [-0.1, -0.05) is 49.1 Å².